The zero-order valence-electron chi connectivity index (χ0n) is 17.7. The fourth-order valence-corrected chi connectivity index (χ4v) is 4.29. The lowest BCUT2D eigenvalue weighted by Crippen LogP contribution is -2.05. The molecular weight excluding hydrogens is 404 g/mol. The highest BCUT2D eigenvalue weighted by molar-refractivity contribution is 5.77. The summed E-state index contributed by atoms with van der Waals surface area (Å²) in [5.41, 5.74) is 7.08. The van der Waals surface area contributed by atoms with Gasteiger partial charge in [0.2, 0.25) is 0 Å². The molecule has 1 aliphatic heterocycles. The van der Waals surface area contributed by atoms with Crippen molar-refractivity contribution in [3.8, 4) is 34.3 Å². The maximum absolute atomic E-state index is 5.55. The molecule has 0 spiro atoms. The Kier molecular flexibility index (Phi) is 4.17. The molecule has 0 saturated heterocycles. The van der Waals surface area contributed by atoms with E-state index in [0.717, 1.165) is 34.0 Å². The Bertz CT molecular complexity index is 1430. The monoisotopic (exact) mass is 424 g/mol. The molecule has 0 unspecified atom stereocenters. The Balaban J connectivity index is 1.56. The normalized spacial score (nSPS) is 12.1. The molecule has 6 rings (SSSR count). The van der Waals surface area contributed by atoms with E-state index >= 15 is 0 Å². The first-order valence-electron chi connectivity index (χ1n) is 10.4. The topological polar surface area (TPSA) is 83.8 Å². The smallest absolute Gasteiger partial charge is 0.278 e. The van der Waals surface area contributed by atoms with Crippen LogP contribution in [0.1, 0.15) is 22.6 Å². The summed E-state index contributed by atoms with van der Waals surface area (Å²) in [6.07, 6.45) is 4.39. The molecule has 0 radical (unpaired) electrons. The molecule has 158 valence electrons. The maximum atomic E-state index is 5.55. The van der Waals surface area contributed by atoms with Gasteiger partial charge >= 0.3 is 0 Å². The standard InChI is InChI=1S/C24H20N6O2/c1-15-27-24(32-28-15)22-21-10-17-12-26-30(13-16-6-4-3-5-7-16)23(17)19-11-18(31-2)8-9-20(19)29(21)14-25-22/h3-9,11-12,14H,10,13H2,1-2H3. The van der Waals surface area contributed by atoms with Gasteiger partial charge in [0.05, 0.1) is 36.9 Å². The average molecular weight is 424 g/mol. The van der Waals surface area contributed by atoms with E-state index in [4.69, 9.17) is 14.4 Å². The van der Waals surface area contributed by atoms with Crippen molar-refractivity contribution in [2.24, 2.45) is 0 Å². The number of methoxy groups -OCH3 is 1. The second-order valence-electron chi connectivity index (χ2n) is 7.78. The first-order chi connectivity index (χ1) is 15.7. The third kappa shape index (κ3) is 2.91. The number of ether oxygens (including phenoxy) is 1. The van der Waals surface area contributed by atoms with Crippen molar-refractivity contribution in [3.05, 3.63) is 83.7 Å². The van der Waals surface area contributed by atoms with Crippen LogP contribution in [0.3, 0.4) is 0 Å². The minimum atomic E-state index is 0.423. The fourth-order valence-electron chi connectivity index (χ4n) is 4.29. The summed E-state index contributed by atoms with van der Waals surface area (Å²) in [5.74, 6) is 1.79. The van der Waals surface area contributed by atoms with E-state index in [0.29, 0.717) is 30.4 Å². The molecule has 0 bridgehead atoms. The zero-order valence-corrected chi connectivity index (χ0v) is 17.7. The van der Waals surface area contributed by atoms with Crippen molar-refractivity contribution >= 4 is 0 Å². The second-order valence-corrected chi connectivity index (χ2v) is 7.78. The first kappa shape index (κ1) is 18.6. The lowest BCUT2D eigenvalue weighted by molar-refractivity contribution is 0.415. The van der Waals surface area contributed by atoms with Crippen molar-refractivity contribution in [2.75, 3.05) is 7.11 Å². The number of fused-ring (bicyclic) bond motifs is 5. The summed E-state index contributed by atoms with van der Waals surface area (Å²) in [6.45, 7) is 2.48. The number of hydrogen-bond acceptors (Lipinski definition) is 6. The van der Waals surface area contributed by atoms with Crippen molar-refractivity contribution in [2.45, 2.75) is 19.9 Å². The maximum Gasteiger partial charge on any atom is 0.278 e. The molecule has 0 saturated carbocycles. The van der Waals surface area contributed by atoms with E-state index in [1.54, 1.807) is 14.0 Å². The minimum absolute atomic E-state index is 0.423. The number of hydrogen-bond donors (Lipinski definition) is 0. The predicted molar refractivity (Wildman–Crippen MR) is 118 cm³/mol. The van der Waals surface area contributed by atoms with Gasteiger partial charge in [-0.3, -0.25) is 4.68 Å². The Morgan fingerprint density at radius 1 is 1.12 bits per heavy atom. The van der Waals surface area contributed by atoms with Crippen LogP contribution < -0.4 is 4.74 Å². The number of benzene rings is 2. The molecular formula is C24H20N6O2. The summed E-state index contributed by atoms with van der Waals surface area (Å²) in [4.78, 5) is 9.02. The predicted octanol–water partition coefficient (Wildman–Crippen LogP) is 4.06. The SMILES string of the molecule is COc1ccc2c(c1)-c1c(cnn1Cc1ccccc1)Cc1c(-c3nc(C)no3)ncn1-2. The molecule has 5 aromatic rings. The van der Waals surface area contributed by atoms with Crippen molar-refractivity contribution in [3.63, 3.8) is 0 Å². The number of rotatable bonds is 4. The lowest BCUT2D eigenvalue weighted by Gasteiger charge is -2.14. The van der Waals surface area contributed by atoms with Gasteiger partial charge in [0.25, 0.3) is 5.89 Å². The molecule has 8 heteroatoms. The molecule has 0 fully saturated rings. The van der Waals surface area contributed by atoms with Crippen LogP contribution >= 0.6 is 0 Å². The van der Waals surface area contributed by atoms with Gasteiger partial charge in [-0.25, -0.2) is 4.98 Å². The van der Waals surface area contributed by atoms with E-state index in [1.807, 2.05) is 36.8 Å². The summed E-state index contributed by atoms with van der Waals surface area (Å²) < 4.78 is 15.1. The molecule has 8 nitrogen and oxygen atoms in total. The number of nitrogens with zero attached hydrogens (tertiary/aromatic N) is 6. The zero-order chi connectivity index (χ0) is 21.7. The Morgan fingerprint density at radius 3 is 2.78 bits per heavy atom. The van der Waals surface area contributed by atoms with Crippen LogP contribution in [0.15, 0.2) is 65.6 Å². The number of imidazole rings is 1. The van der Waals surface area contributed by atoms with Crippen LogP contribution in [0.4, 0.5) is 0 Å². The second kappa shape index (κ2) is 7.19. The van der Waals surface area contributed by atoms with Crippen LogP contribution in [0.5, 0.6) is 5.75 Å². The highest BCUT2D eigenvalue weighted by atomic mass is 16.5. The van der Waals surface area contributed by atoms with E-state index < -0.39 is 0 Å². The quantitative estimate of drug-likeness (QED) is 0.424. The van der Waals surface area contributed by atoms with Gasteiger partial charge in [0.15, 0.2) is 11.5 Å². The van der Waals surface area contributed by atoms with E-state index in [-0.39, 0.29) is 0 Å². The van der Waals surface area contributed by atoms with Gasteiger partial charge in [-0.1, -0.05) is 35.5 Å². The van der Waals surface area contributed by atoms with E-state index in [1.165, 1.54) is 5.56 Å². The molecule has 2 aromatic carbocycles. The summed E-state index contributed by atoms with van der Waals surface area (Å²) in [7, 11) is 1.68. The van der Waals surface area contributed by atoms with Gasteiger partial charge in [0, 0.05) is 17.5 Å². The third-order valence-corrected chi connectivity index (χ3v) is 5.76. The minimum Gasteiger partial charge on any atom is -0.497 e. The molecule has 0 N–H and O–H groups in total. The van der Waals surface area contributed by atoms with Crippen LogP contribution in [-0.4, -0.2) is 36.6 Å². The van der Waals surface area contributed by atoms with Crippen molar-refractivity contribution < 1.29 is 9.26 Å². The summed E-state index contributed by atoms with van der Waals surface area (Å²) >= 11 is 0. The summed E-state index contributed by atoms with van der Waals surface area (Å²) in [5, 5.41) is 8.69. The fraction of sp³-hybridized carbons (Fsp3) is 0.167. The Hall–Kier alpha value is -4.20. The van der Waals surface area contributed by atoms with Crippen LogP contribution in [0, 0.1) is 6.92 Å². The van der Waals surface area contributed by atoms with Gasteiger partial charge in [-0.05, 0) is 30.7 Å². The molecule has 3 aromatic heterocycles. The van der Waals surface area contributed by atoms with Gasteiger partial charge in [0.1, 0.15) is 12.1 Å². The number of aryl methyl sites for hydroxylation is 1. The molecule has 0 amide bonds. The summed E-state index contributed by atoms with van der Waals surface area (Å²) in [6, 6.07) is 16.4. The third-order valence-electron chi connectivity index (χ3n) is 5.76. The van der Waals surface area contributed by atoms with E-state index in [9.17, 15) is 0 Å². The number of aromatic nitrogens is 6. The van der Waals surface area contributed by atoms with Crippen molar-refractivity contribution in [1.29, 1.82) is 0 Å². The molecule has 0 aliphatic carbocycles. The highest BCUT2D eigenvalue weighted by Gasteiger charge is 2.28. The van der Waals surface area contributed by atoms with Gasteiger partial charge in [-0.15, -0.1) is 0 Å². The van der Waals surface area contributed by atoms with Gasteiger partial charge < -0.3 is 13.8 Å². The molecule has 0 atom stereocenters. The Morgan fingerprint density at radius 2 is 2.00 bits per heavy atom. The molecule has 4 heterocycles. The van der Waals surface area contributed by atoms with Crippen LogP contribution in [0.2, 0.25) is 0 Å². The van der Waals surface area contributed by atoms with E-state index in [2.05, 4.69) is 48.6 Å². The molecule has 32 heavy (non-hydrogen) atoms. The largest absolute Gasteiger partial charge is 0.497 e. The Labute approximate surface area is 184 Å². The van der Waals surface area contributed by atoms with Crippen LogP contribution in [-0.2, 0) is 13.0 Å². The average Bonchev–Trinajstić information content (AvgIpc) is 3.51. The van der Waals surface area contributed by atoms with Crippen molar-refractivity contribution in [1.82, 2.24) is 29.5 Å². The van der Waals surface area contributed by atoms with Crippen LogP contribution in [0.25, 0.3) is 28.5 Å². The van der Waals surface area contributed by atoms with Gasteiger partial charge in [-0.2, -0.15) is 10.1 Å². The first-order valence-corrected chi connectivity index (χ1v) is 10.4. The lowest BCUT2D eigenvalue weighted by atomic mass is 10.0. The highest BCUT2D eigenvalue weighted by Crippen LogP contribution is 2.39. The molecule has 1 aliphatic rings.